The fourth-order valence-electron chi connectivity index (χ4n) is 4.89. The van der Waals surface area contributed by atoms with Crippen molar-refractivity contribution in [3.05, 3.63) is 47.3 Å². The monoisotopic (exact) mass is 542 g/mol. The number of benzene rings is 2. The third kappa shape index (κ3) is 5.46. The van der Waals surface area contributed by atoms with Gasteiger partial charge in [-0.25, -0.2) is 9.37 Å². The van der Waals surface area contributed by atoms with Gasteiger partial charge in [0.15, 0.2) is 16.7 Å². The third-order valence-electron chi connectivity index (χ3n) is 6.58. The summed E-state index contributed by atoms with van der Waals surface area (Å²) >= 11 is 0. The van der Waals surface area contributed by atoms with Crippen LogP contribution in [0, 0.1) is 5.82 Å². The summed E-state index contributed by atoms with van der Waals surface area (Å²) in [6.45, 7) is 4.63. The molecule has 1 N–H and O–H groups in total. The lowest BCUT2D eigenvalue weighted by atomic mass is 9.92. The standard InChI is InChI=1S/C25H30F4N4O3S/c1-5-33-11-10-20(32(3)23(36-6-2)25(27,28)29)16-9-7-8-15(22(16)33)14-37(34)24-30-18-12-17(26)21(35-4)13-19(18)31-24/h7-9,12-13,20,23H,5-6,10-11,14H2,1-4H3,(H,30,31). The van der Waals surface area contributed by atoms with E-state index in [1.807, 2.05) is 19.1 Å². The van der Waals surface area contributed by atoms with Gasteiger partial charge in [-0.15, -0.1) is 0 Å². The van der Waals surface area contributed by atoms with Gasteiger partial charge in [-0.2, -0.15) is 13.2 Å². The smallest absolute Gasteiger partial charge is 0.428 e. The minimum atomic E-state index is -4.55. The molecule has 0 amide bonds. The molecule has 2 aromatic carbocycles. The second-order valence-corrected chi connectivity index (χ2v) is 10.2. The van der Waals surface area contributed by atoms with Crippen LogP contribution in [0.2, 0.25) is 0 Å². The molecule has 0 bridgehead atoms. The van der Waals surface area contributed by atoms with Crippen molar-refractivity contribution in [2.75, 3.05) is 38.8 Å². The van der Waals surface area contributed by atoms with E-state index in [9.17, 15) is 21.8 Å². The number of nitrogens with zero attached hydrogens (tertiary/aromatic N) is 3. The first-order valence-electron chi connectivity index (χ1n) is 12.0. The van der Waals surface area contributed by atoms with E-state index in [-0.39, 0.29) is 23.3 Å². The summed E-state index contributed by atoms with van der Waals surface area (Å²) in [5, 5.41) is 0.182. The van der Waals surface area contributed by atoms with Crippen LogP contribution in [0.4, 0.5) is 23.2 Å². The molecule has 1 aromatic heterocycles. The van der Waals surface area contributed by atoms with E-state index >= 15 is 0 Å². The molecule has 1 aliphatic heterocycles. The van der Waals surface area contributed by atoms with Gasteiger partial charge in [0.1, 0.15) is 0 Å². The molecule has 2 heterocycles. The van der Waals surface area contributed by atoms with Gasteiger partial charge in [-0.1, -0.05) is 18.2 Å². The molecular formula is C25H30F4N4O3S. The predicted octanol–water partition coefficient (Wildman–Crippen LogP) is 5.15. The fraction of sp³-hybridized carbons (Fsp3) is 0.480. The van der Waals surface area contributed by atoms with Crippen molar-refractivity contribution in [2.45, 2.75) is 49.6 Å². The second-order valence-electron chi connectivity index (χ2n) is 8.79. The molecule has 0 spiro atoms. The molecule has 37 heavy (non-hydrogen) atoms. The number of para-hydroxylation sites is 1. The van der Waals surface area contributed by atoms with E-state index < -0.39 is 35.1 Å². The molecule has 0 saturated heterocycles. The molecule has 0 radical (unpaired) electrons. The highest BCUT2D eigenvalue weighted by Crippen LogP contribution is 2.42. The molecule has 3 atom stereocenters. The lowest BCUT2D eigenvalue weighted by Gasteiger charge is -2.42. The van der Waals surface area contributed by atoms with Crippen LogP contribution in [0.15, 0.2) is 35.5 Å². The zero-order chi connectivity index (χ0) is 26.9. The molecule has 0 fully saturated rings. The molecule has 7 nitrogen and oxygen atoms in total. The molecule has 0 saturated carbocycles. The largest absolute Gasteiger partial charge is 0.494 e. The number of aromatic nitrogens is 2. The maximum absolute atomic E-state index is 14.1. The minimum absolute atomic E-state index is 0.0337. The Morgan fingerprint density at radius 1 is 1.30 bits per heavy atom. The molecular weight excluding hydrogens is 512 g/mol. The van der Waals surface area contributed by atoms with E-state index in [1.54, 1.807) is 6.07 Å². The number of methoxy groups -OCH3 is 1. The van der Waals surface area contributed by atoms with E-state index in [1.165, 1.54) is 38.1 Å². The molecule has 0 aliphatic carbocycles. The van der Waals surface area contributed by atoms with Crippen molar-refractivity contribution in [3.8, 4) is 5.75 Å². The molecule has 4 rings (SSSR count). The maximum atomic E-state index is 14.1. The Morgan fingerprint density at radius 3 is 2.70 bits per heavy atom. The first-order chi connectivity index (χ1) is 17.6. The molecule has 202 valence electrons. The average molecular weight is 543 g/mol. The zero-order valence-corrected chi connectivity index (χ0v) is 21.9. The number of imidazole rings is 1. The first kappa shape index (κ1) is 27.3. The van der Waals surface area contributed by atoms with Crippen molar-refractivity contribution >= 4 is 27.5 Å². The molecule has 12 heteroatoms. The Labute approximate surface area is 215 Å². The van der Waals surface area contributed by atoms with Crippen molar-refractivity contribution in [3.63, 3.8) is 0 Å². The number of ether oxygens (including phenoxy) is 2. The van der Waals surface area contributed by atoms with Gasteiger partial charge in [-0.3, -0.25) is 9.11 Å². The van der Waals surface area contributed by atoms with E-state index in [2.05, 4.69) is 14.9 Å². The number of rotatable bonds is 9. The van der Waals surface area contributed by atoms with Crippen molar-refractivity contribution in [2.24, 2.45) is 0 Å². The van der Waals surface area contributed by atoms with Gasteiger partial charge in [0.05, 0.1) is 34.7 Å². The molecule has 3 aromatic rings. The number of alkyl halides is 3. The highest BCUT2D eigenvalue weighted by atomic mass is 32.2. The highest BCUT2D eigenvalue weighted by molar-refractivity contribution is 7.84. The zero-order valence-electron chi connectivity index (χ0n) is 21.1. The quantitative estimate of drug-likeness (QED) is 0.298. The Morgan fingerprint density at radius 2 is 2.05 bits per heavy atom. The summed E-state index contributed by atoms with van der Waals surface area (Å²) in [4.78, 5) is 10.6. The van der Waals surface area contributed by atoms with Crippen LogP contribution in [0.25, 0.3) is 11.0 Å². The number of halogens is 4. The summed E-state index contributed by atoms with van der Waals surface area (Å²) in [6, 6.07) is 7.55. The lowest BCUT2D eigenvalue weighted by Crippen LogP contribution is -2.49. The lowest BCUT2D eigenvalue weighted by molar-refractivity contribution is -0.268. The number of hydrogen-bond donors (Lipinski definition) is 1. The van der Waals surface area contributed by atoms with Crippen LogP contribution in [-0.2, 0) is 21.3 Å². The summed E-state index contributed by atoms with van der Waals surface area (Å²) < 4.78 is 78.8. The number of hydrogen-bond acceptors (Lipinski definition) is 6. The van der Waals surface area contributed by atoms with Gasteiger partial charge in [0, 0.05) is 43.6 Å². The second kappa shape index (κ2) is 11.0. The number of nitrogens with one attached hydrogen (secondary N) is 1. The molecule has 3 unspecified atom stereocenters. The SMILES string of the molecule is CCOC(N(C)C1CCN(CC)c2c(CS(=O)c3nc4cc(OC)c(F)cc4[nH]3)cccc21)C(F)(F)F. The maximum Gasteiger partial charge on any atom is 0.428 e. The summed E-state index contributed by atoms with van der Waals surface area (Å²) in [6.07, 6.45) is -6.09. The predicted molar refractivity (Wildman–Crippen MR) is 134 cm³/mol. The van der Waals surface area contributed by atoms with Gasteiger partial charge in [-0.05, 0) is 38.4 Å². The normalized spacial score (nSPS) is 17.8. The van der Waals surface area contributed by atoms with Crippen molar-refractivity contribution in [1.82, 2.24) is 14.9 Å². The first-order valence-corrected chi connectivity index (χ1v) is 13.3. The molecule has 1 aliphatic rings. The van der Waals surface area contributed by atoms with Crippen LogP contribution < -0.4 is 9.64 Å². The topological polar surface area (TPSA) is 70.7 Å². The Hall–Kier alpha value is -2.70. The third-order valence-corrected chi connectivity index (χ3v) is 7.78. The number of anilines is 1. The van der Waals surface area contributed by atoms with Gasteiger partial charge in [0.25, 0.3) is 0 Å². The van der Waals surface area contributed by atoms with E-state index in [0.717, 1.165) is 16.8 Å². The number of fused-ring (bicyclic) bond motifs is 2. The average Bonchev–Trinajstić information content (AvgIpc) is 3.28. The van der Waals surface area contributed by atoms with Gasteiger partial charge in [0.2, 0.25) is 6.23 Å². The fourth-order valence-corrected chi connectivity index (χ4v) is 5.97. The number of H-pyrrole nitrogens is 1. The Kier molecular flexibility index (Phi) is 8.10. The Bertz CT molecular complexity index is 1280. The van der Waals surface area contributed by atoms with Crippen LogP contribution in [0.5, 0.6) is 5.75 Å². The van der Waals surface area contributed by atoms with E-state index in [0.29, 0.717) is 30.5 Å². The van der Waals surface area contributed by atoms with Crippen molar-refractivity contribution in [1.29, 1.82) is 0 Å². The van der Waals surface area contributed by atoms with Gasteiger partial charge < -0.3 is 19.4 Å². The van der Waals surface area contributed by atoms with Gasteiger partial charge >= 0.3 is 6.18 Å². The highest BCUT2D eigenvalue weighted by Gasteiger charge is 2.46. The van der Waals surface area contributed by atoms with E-state index in [4.69, 9.17) is 9.47 Å². The minimum Gasteiger partial charge on any atom is -0.494 e. The van der Waals surface area contributed by atoms with Crippen LogP contribution >= 0.6 is 0 Å². The van der Waals surface area contributed by atoms with Crippen LogP contribution in [0.3, 0.4) is 0 Å². The Balaban J connectivity index is 1.68. The summed E-state index contributed by atoms with van der Waals surface area (Å²) in [7, 11) is 1.16. The summed E-state index contributed by atoms with van der Waals surface area (Å²) in [5.41, 5.74) is 3.06. The summed E-state index contributed by atoms with van der Waals surface area (Å²) in [5.74, 6) is -0.443. The van der Waals surface area contributed by atoms with Crippen LogP contribution in [-0.4, -0.2) is 65.3 Å². The van der Waals surface area contributed by atoms with Crippen molar-refractivity contribution < 1.29 is 31.2 Å². The van der Waals surface area contributed by atoms with Crippen LogP contribution in [0.1, 0.15) is 37.4 Å². The number of aromatic amines is 1.